The summed E-state index contributed by atoms with van der Waals surface area (Å²) in [7, 11) is -0.445. The van der Waals surface area contributed by atoms with Crippen molar-refractivity contribution in [3.05, 3.63) is 40.9 Å². The summed E-state index contributed by atoms with van der Waals surface area (Å²) in [4.78, 5) is 11.3. The number of nitrogens with two attached hydrogens (primary N) is 1. The number of carbonyl (C=O) groups is 1. The molecule has 0 aromatic heterocycles. The summed E-state index contributed by atoms with van der Waals surface area (Å²) in [5, 5.41) is 0. The molecule has 1 saturated heterocycles. The maximum Gasteiger partial charge on any atom is 0.491 e. The van der Waals surface area contributed by atoms with Crippen molar-refractivity contribution in [3.8, 4) is 0 Å². The fourth-order valence-electron chi connectivity index (χ4n) is 2.18. The van der Waals surface area contributed by atoms with Gasteiger partial charge in [0.2, 0.25) is 5.91 Å². The van der Waals surface area contributed by atoms with Crippen molar-refractivity contribution >= 4 is 31.7 Å². The van der Waals surface area contributed by atoms with Crippen LogP contribution in [-0.2, 0) is 9.31 Å². The molecule has 0 spiro atoms. The zero-order chi connectivity index (χ0) is 16.5. The number of amides is 1. The first kappa shape index (κ1) is 17.1. The van der Waals surface area contributed by atoms with E-state index in [9.17, 15) is 4.79 Å². The van der Waals surface area contributed by atoms with E-state index in [1.54, 1.807) is 18.2 Å². The second kappa shape index (κ2) is 6.10. The highest BCUT2D eigenvalue weighted by molar-refractivity contribution is 7.80. The average Bonchev–Trinajstić information content (AvgIpc) is 2.65. The van der Waals surface area contributed by atoms with Gasteiger partial charge in [-0.15, -0.1) is 0 Å². The van der Waals surface area contributed by atoms with E-state index < -0.39 is 24.2 Å². The van der Waals surface area contributed by atoms with Gasteiger partial charge >= 0.3 is 7.12 Å². The predicted molar refractivity (Wildman–Crippen MR) is 92.9 cm³/mol. The smallest absolute Gasteiger partial charge is 0.400 e. The lowest BCUT2D eigenvalue weighted by molar-refractivity contribution is 0.00578. The molecule has 118 valence electrons. The summed E-state index contributed by atoms with van der Waals surface area (Å²) in [6.07, 6.45) is 1.93. The van der Waals surface area contributed by atoms with Gasteiger partial charge in [0.05, 0.1) is 11.2 Å². The van der Waals surface area contributed by atoms with Crippen LogP contribution in [0.1, 0.15) is 43.6 Å². The highest BCUT2D eigenvalue weighted by Gasteiger charge is 2.52. The number of benzene rings is 1. The minimum absolute atomic E-state index is 0.394. The third-order valence-corrected chi connectivity index (χ3v) is 4.63. The molecular weight excluding hydrogens is 297 g/mol. The Morgan fingerprint density at radius 1 is 1.27 bits per heavy atom. The first-order valence-corrected chi connectivity index (χ1v) is 7.86. The van der Waals surface area contributed by atoms with E-state index in [2.05, 4.69) is 12.6 Å². The van der Waals surface area contributed by atoms with Gasteiger partial charge in [-0.05, 0) is 50.9 Å². The van der Waals surface area contributed by atoms with E-state index in [1.807, 2.05) is 39.8 Å². The van der Waals surface area contributed by atoms with Crippen LogP contribution in [0.2, 0.25) is 0 Å². The number of rotatable bonds is 4. The summed E-state index contributed by atoms with van der Waals surface area (Å²) in [6, 6.07) is 7.14. The van der Waals surface area contributed by atoms with Crippen LogP contribution in [0.25, 0.3) is 6.08 Å². The molecule has 0 unspecified atom stereocenters. The van der Waals surface area contributed by atoms with Crippen LogP contribution in [0.3, 0.4) is 0 Å². The van der Waals surface area contributed by atoms with Gasteiger partial charge in [0.15, 0.2) is 0 Å². The topological polar surface area (TPSA) is 61.5 Å². The van der Waals surface area contributed by atoms with Crippen molar-refractivity contribution in [2.24, 2.45) is 5.73 Å². The van der Waals surface area contributed by atoms with Crippen molar-refractivity contribution in [2.75, 3.05) is 5.75 Å². The standard InChI is InChI=1S/C16H22BNO3S/c1-15(2)16(3,4)21-17(20-15)13(10-22)9-11-6-5-7-12(8-11)14(18)19/h5-9,22H,10H2,1-4H3,(H2,18,19). The maximum absolute atomic E-state index is 11.3. The van der Waals surface area contributed by atoms with Crippen molar-refractivity contribution < 1.29 is 14.1 Å². The van der Waals surface area contributed by atoms with Crippen LogP contribution < -0.4 is 5.73 Å². The van der Waals surface area contributed by atoms with E-state index in [0.29, 0.717) is 11.3 Å². The molecule has 0 radical (unpaired) electrons. The number of hydrogen-bond acceptors (Lipinski definition) is 4. The zero-order valence-electron chi connectivity index (χ0n) is 13.4. The van der Waals surface area contributed by atoms with E-state index in [0.717, 1.165) is 11.0 Å². The number of primary amides is 1. The van der Waals surface area contributed by atoms with Crippen LogP contribution in [0.5, 0.6) is 0 Å². The molecule has 1 aliphatic heterocycles. The molecule has 0 saturated carbocycles. The van der Waals surface area contributed by atoms with Crippen LogP contribution in [0.4, 0.5) is 0 Å². The first-order chi connectivity index (χ1) is 10.2. The second-order valence-electron chi connectivity index (χ2n) is 6.46. The Bertz CT molecular complexity index is 597. The highest BCUT2D eigenvalue weighted by atomic mass is 32.1. The van der Waals surface area contributed by atoms with Gasteiger partial charge in [0.25, 0.3) is 0 Å². The Morgan fingerprint density at radius 2 is 1.86 bits per heavy atom. The second-order valence-corrected chi connectivity index (χ2v) is 6.77. The summed E-state index contributed by atoms with van der Waals surface area (Å²) >= 11 is 4.38. The monoisotopic (exact) mass is 319 g/mol. The molecule has 1 aromatic carbocycles. The zero-order valence-corrected chi connectivity index (χ0v) is 14.3. The lowest BCUT2D eigenvalue weighted by atomic mass is 9.78. The molecule has 22 heavy (non-hydrogen) atoms. The van der Waals surface area contributed by atoms with Gasteiger partial charge in [-0.1, -0.05) is 18.2 Å². The molecule has 1 aromatic rings. The lowest BCUT2D eigenvalue weighted by Crippen LogP contribution is -2.41. The van der Waals surface area contributed by atoms with Crippen molar-refractivity contribution in [1.29, 1.82) is 0 Å². The van der Waals surface area contributed by atoms with Gasteiger partial charge < -0.3 is 15.0 Å². The summed E-state index contributed by atoms with van der Waals surface area (Å²) in [6.45, 7) is 8.04. The molecule has 1 amide bonds. The minimum atomic E-state index is -0.446. The SMILES string of the molecule is CC1(C)OB(C(=Cc2cccc(C(N)=O)c2)CS)OC1(C)C. The molecule has 1 aliphatic rings. The van der Waals surface area contributed by atoms with Crippen LogP contribution in [-0.4, -0.2) is 30.0 Å². The van der Waals surface area contributed by atoms with E-state index in [4.69, 9.17) is 15.0 Å². The number of thiol groups is 1. The fraction of sp³-hybridized carbons (Fsp3) is 0.438. The van der Waals surface area contributed by atoms with E-state index >= 15 is 0 Å². The molecule has 2 N–H and O–H groups in total. The molecule has 1 heterocycles. The average molecular weight is 319 g/mol. The predicted octanol–water partition coefficient (Wildman–Crippen LogP) is 2.73. The van der Waals surface area contributed by atoms with Crippen LogP contribution in [0.15, 0.2) is 29.7 Å². The first-order valence-electron chi connectivity index (χ1n) is 7.23. The summed E-state index contributed by atoms with van der Waals surface area (Å²) < 4.78 is 12.1. The highest BCUT2D eigenvalue weighted by Crippen LogP contribution is 2.39. The van der Waals surface area contributed by atoms with Gasteiger partial charge in [-0.25, -0.2) is 0 Å². The van der Waals surface area contributed by atoms with Crippen molar-refractivity contribution in [1.82, 2.24) is 0 Å². The Hall–Kier alpha value is -1.24. The summed E-state index contributed by atoms with van der Waals surface area (Å²) in [5.41, 5.74) is 6.78. The molecule has 0 aliphatic carbocycles. The molecular formula is C16H22BNO3S. The minimum Gasteiger partial charge on any atom is -0.400 e. The number of hydrogen-bond donors (Lipinski definition) is 2. The third-order valence-electron chi connectivity index (χ3n) is 4.26. The Balaban J connectivity index is 2.29. The maximum atomic E-state index is 11.3. The fourth-order valence-corrected chi connectivity index (χ4v) is 2.42. The largest absolute Gasteiger partial charge is 0.491 e. The molecule has 1 fully saturated rings. The Morgan fingerprint density at radius 3 is 2.36 bits per heavy atom. The number of carbonyl (C=O) groups excluding carboxylic acids is 1. The van der Waals surface area contributed by atoms with Gasteiger partial charge in [0, 0.05) is 11.3 Å². The molecule has 2 rings (SSSR count). The van der Waals surface area contributed by atoms with Crippen LogP contribution in [0, 0.1) is 0 Å². The van der Waals surface area contributed by atoms with Crippen molar-refractivity contribution in [3.63, 3.8) is 0 Å². The quantitative estimate of drug-likeness (QED) is 0.663. The van der Waals surface area contributed by atoms with Crippen LogP contribution >= 0.6 is 12.6 Å². The molecule has 4 nitrogen and oxygen atoms in total. The lowest BCUT2D eigenvalue weighted by Gasteiger charge is -2.32. The summed E-state index contributed by atoms with van der Waals surface area (Å²) in [5.74, 6) is 0.0516. The normalized spacial score (nSPS) is 20.2. The van der Waals surface area contributed by atoms with E-state index in [-0.39, 0.29) is 0 Å². The Labute approximate surface area is 137 Å². The van der Waals surface area contributed by atoms with Gasteiger partial charge in [0.1, 0.15) is 0 Å². The third kappa shape index (κ3) is 3.40. The van der Waals surface area contributed by atoms with E-state index in [1.165, 1.54) is 0 Å². The van der Waals surface area contributed by atoms with Crippen molar-refractivity contribution in [2.45, 2.75) is 38.9 Å². The molecule has 6 heteroatoms. The van der Waals surface area contributed by atoms with Gasteiger partial charge in [-0.3, -0.25) is 4.79 Å². The Kier molecular flexibility index (Phi) is 4.75. The molecule has 0 bridgehead atoms. The molecule has 0 atom stereocenters. The van der Waals surface area contributed by atoms with Gasteiger partial charge in [-0.2, -0.15) is 12.6 Å².